The van der Waals surface area contributed by atoms with E-state index in [2.05, 4.69) is 5.32 Å². The summed E-state index contributed by atoms with van der Waals surface area (Å²) in [6, 6.07) is 18.4. The number of rotatable bonds is 8. The average molecular weight is 473 g/mol. The number of nitrogens with one attached hydrogen (secondary N) is 1. The Morgan fingerprint density at radius 1 is 1.03 bits per heavy atom. The lowest BCUT2D eigenvalue weighted by Gasteiger charge is -2.20. The summed E-state index contributed by atoms with van der Waals surface area (Å²) in [5.41, 5.74) is 2.56. The van der Waals surface area contributed by atoms with Gasteiger partial charge in [0.15, 0.2) is 0 Å². The summed E-state index contributed by atoms with van der Waals surface area (Å²) < 4.78 is 32.9. The number of ether oxygens (including phenoxy) is 1. The highest BCUT2D eigenvalue weighted by atomic mass is 35.5. The number of nitrogens with zero attached hydrogens (tertiary/aromatic N) is 1. The van der Waals surface area contributed by atoms with Gasteiger partial charge in [0.1, 0.15) is 5.75 Å². The van der Waals surface area contributed by atoms with E-state index in [0.717, 1.165) is 5.56 Å². The molecule has 8 heteroatoms. The topological polar surface area (TPSA) is 75.7 Å². The van der Waals surface area contributed by atoms with Crippen LogP contribution in [-0.2, 0) is 16.6 Å². The van der Waals surface area contributed by atoms with Crippen LogP contribution < -0.4 is 10.1 Å². The first kappa shape index (κ1) is 23.8. The van der Waals surface area contributed by atoms with Crippen molar-refractivity contribution in [2.45, 2.75) is 25.3 Å². The molecule has 0 unspecified atom stereocenters. The molecule has 168 valence electrons. The number of sulfonamides is 1. The molecule has 1 N–H and O–H groups in total. The largest absolute Gasteiger partial charge is 0.494 e. The molecule has 0 atom stereocenters. The Balaban J connectivity index is 1.86. The fourth-order valence-corrected chi connectivity index (χ4v) is 4.37. The highest BCUT2D eigenvalue weighted by molar-refractivity contribution is 7.89. The summed E-state index contributed by atoms with van der Waals surface area (Å²) in [7, 11) is -2.20. The molecule has 0 spiro atoms. The smallest absolute Gasteiger partial charge is 0.255 e. The van der Waals surface area contributed by atoms with Crippen molar-refractivity contribution < 1.29 is 17.9 Å². The Morgan fingerprint density at radius 2 is 1.69 bits per heavy atom. The molecule has 0 radical (unpaired) electrons. The van der Waals surface area contributed by atoms with Crippen LogP contribution in [0.25, 0.3) is 0 Å². The Labute approximate surface area is 193 Å². The van der Waals surface area contributed by atoms with Crippen molar-refractivity contribution in [2.24, 2.45) is 0 Å². The average Bonchev–Trinajstić information content (AvgIpc) is 2.77. The number of anilines is 1. The summed E-state index contributed by atoms with van der Waals surface area (Å²) in [6.45, 7) is 4.21. The van der Waals surface area contributed by atoms with Crippen molar-refractivity contribution in [1.82, 2.24) is 4.31 Å². The molecule has 3 aromatic carbocycles. The molecule has 0 aliphatic heterocycles. The van der Waals surface area contributed by atoms with Gasteiger partial charge in [-0.1, -0.05) is 29.3 Å². The van der Waals surface area contributed by atoms with E-state index in [-0.39, 0.29) is 17.3 Å². The predicted octanol–water partition coefficient (Wildman–Crippen LogP) is 5.12. The molecule has 6 nitrogen and oxygen atoms in total. The Kier molecular flexibility index (Phi) is 7.56. The molecule has 3 aromatic rings. The van der Waals surface area contributed by atoms with Crippen molar-refractivity contribution in [1.29, 1.82) is 0 Å². The molecular weight excluding hydrogens is 448 g/mol. The Hall–Kier alpha value is -2.87. The monoisotopic (exact) mass is 472 g/mol. The predicted molar refractivity (Wildman–Crippen MR) is 127 cm³/mol. The third-order valence-electron chi connectivity index (χ3n) is 4.85. The molecule has 0 saturated heterocycles. The molecule has 0 heterocycles. The zero-order chi connectivity index (χ0) is 23.3. The van der Waals surface area contributed by atoms with Gasteiger partial charge < -0.3 is 10.1 Å². The summed E-state index contributed by atoms with van der Waals surface area (Å²) >= 11 is 5.89. The van der Waals surface area contributed by atoms with Crippen LogP contribution in [-0.4, -0.2) is 32.3 Å². The van der Waals surface area contributed by atoms with Crippen LogP contribution in [0.2, 0.25) is 5.02 Å². The first-order chi connectivity index (χ1) is 15.2. The van der Waals surface area contributed by atoms with Crippen molar-refractivity contribution >= 4 is 33.2 Å². The van der Waals surface area contributed by atoms with E-state index in [1.54, 1.807) is 66.7 Å². The maximum Gasteiger partial charge on any atom is 0.255 e. The lowest BCUT2D eigenvalue weighted by atomic mass is 10.1. The van der Waals surface area contributed by atoms with Gasteiger partial charge in [-0.3, -0.25) is 4.79 Å². The third-order valence-corrected chi connectivity index (χ3v) is 6.92. The minimum atomic E-state index is -3.71. The highest BCUT2D eigenvalue weighted by Crippen LogP contribution is 2.25. The number of hydrogen-bond acceptors (Lipinski definition) is 4. The number of carbonyl (C=O) groups excluding carboxylic acids is 1. The van der Waals surface area contributed by atoms with E-state index >= 15 is 0 Å². The molecule has 0 aromatic heterocycles. The Bertz CT molecular complexity index is 1190. The minimum absolute atomic E-state index is 0.0492. The van der Waals surface area contributed by atoms with Crippen LogP contribution in [0.15, 0.2) is 71.6 Å². The third kappa shape index (κ3) is 5.68. The lowest BCUT2D eigenvalue weighted by molar-refractivity contribution is 0.102. The van der Waals surface area contributed by atoms with Crippen LogP contribution >= 0.6 is 11.6 Å². The molecule has 0 fully saturated rings. The summed E-state index contributed by atoms with van der Waals surface area (Å²) in [4.78, 5) is 12.9. The lowest BCUT2D eigenvalue weighted by Crippen LogP contribution is -2.27. The summed E-state index contributed by atoms with van der Waals surface area (Å²) in [5.74, 6) is 0.210. The first-order valence-electron chi connectivity index (χ1n) is 10.1. The van der Waals surface area contributed by atoms with E-state index in [9.17, 15) is 13.2 Å². The van der Waals surface area contributed by atoms with Crippen LogP contribution in [0.4, 0.5) is 5.69 Å². The van der Waals surface area contributed by atoms with Crippen molar-refractivity contribution in [2.75, 3.05) is 19.0 Å². The first-order valence-corrected chi connectivity index (χ1v) is 11.9. The van der Waals surface area contributed by atoms with Gasteiger partial charge >= 0.3 is 0 Å². The molecule has 0 saturated carbocycles. The maximum atomic E-state index is 13.0. The second kappa shape index (κ2) is 10.2. The normalized spacial score (nSPS) is 11.4. The van der Waals surface area contributed by atoms with Gasteiger partial charge in [0.2, 0.25) is 10.0 Å². The number of aryl methyl sites for hydroxylation is 1. The van der Waals surface area contributed by atoms with Crippen LogP contribution in [0, 0.1) is 6.92 Å². The Morgan fingerprint density at radius 3 is 2.31 bits per heavy atom. The van der Waals surface area contributed by atoms with Crippen molar-refractivity contribution in [3.63, 3.8) is 0 Å². The van der Waals surface area contributed by atoms with Crippen LogP contribution in [0.1, 0.15) is 28.4 Å². The van der Waals surface area contributed by atoms with Crippen LogP contribution in [0.5, 0.6) is 5.75 Å². The van der Waals surface area contributed by atoms with Crippen molar-refractivity contribution in [3.05, 3.63) is 88.4 Å². The fourth-order valence-electron chi connectivity index (χ4n) is 3.09. The van der Waals surface area contributed by atoms with E-state index in [0.29, 0.717) is 34.2 Å². The summed E-state index contributed by atoms with van der Waals surface area (Å²) in [5, 5.41) is 3.38. The quantitative estimate of drug-likeness (QED) is 0.493. The zero-order valence-corrected chi connectivity index (χ0v) is 19.7. The van der Waals surface area contributed by atoms with Gasteiger partial charge in [0.05, 0.1) is 11.5 Å². The van der Waals surface area contributed by atoms with E-state index in [1.165, 1.54) is 11.4 Å². The van der Waals surface area contributed by atoms with Gasteiger partial charge in [-0.2, -0.15) is 4.31 Å². The molecule has 1 amide bonds. The molecule has 0 bridgehead atoms. The maximum absolute atomic E-state index is 13.0. The summed E-state index contributed by atoms with van der Waals surface area (Å²) in [6.07, 6.45) is 0. The molecular formula is C24H25ClN2O4S. The molecule has 0 aliphatic carbocycles. The number of hydrogen-bond donors (Lipinski definition) is 1. The number of halogens is 1. The molecule has 32 heavy (non-hydrogen) atoms. The number of benzene rings is 3. The second-order valence-electron chi connectivity index (χ2n) is 7.29. The molecule has 3 rings (SSSR count). The highest BCUT2D eigenvalue weighted by Gasteiger charge is 2.22. The van der Waals surface area contributed by atoms with Gasteiger partial charge in [-0.25, -0.2) is 8.42 Å². The van der Waals surface area contributed by atoms with Gasteiger partial charge in [0, 0.05) is 35.4 Å². The van der Waals surface area contributed by atoms with E-state index < -0.39 is 10.0 Å². The van der Waals surface area contributed by atoms with Crippen LogP contribution in [0.3, 0.4) is 0 Å². The number of amides is 1. The van der Waals surface area contributed by atoms with Gasteiger partial charge in [0.25, 0.3) is 5.91 Å². The second-order valence-corrected chi connectivity index (χ2v) is 9.77. The SMILES string of the molecule is CCOc1ccc(C(=O)Nc2ccc(Cl)cc2)cc1CN(C)S(=O)(=O)c1ccc(C)cc1. The van der Waals surface area contributed by atoms with Crippen molar-refractivity contribution in [3.8, 4) is 5.75 Å². The molecule has 0 aliphatic rings. The van der Waals surface area contributed by atoms with E-state index in [4.69, 9.17) is 16.3 Å². The van der Waals surface area contributed by atoms with Gasteiger partial charge in [-0.05, 0) is 68.4 Å². The zero-order valence-electron chi connectivity index (χ0n) is 18.1. The standard InChI is InChI=1S/C24H25ClN2O4S/c1-4-31-23-14-7-18(24(28)26-21-10-8-20(25)9-11-21)15-19(23)16-27(3)32(29,30)22-12-5-17(2)6-13-22/h5-15H,4,16H2,1-3H3,(H,26,28). The fraction of sp³-hybridized carbons (Fsp3) is 0.208. The number of carbonyl (C=O) groups is 1. The minimum Gasteiger partial charge on any atom is -0.494 e. The van der Waals surface area contributed by atoms with Gasteiger partial charge in [-0.15, -0.1) is 0 Å². The van der Waals surface area contributed by atoms with E-state index in [1.807, 2.05) is 13.8 Å².